The minimum absolute atomic E-state index is 0.0966. The van der Waals surface area contributed by atoms with Gasteiger partial charge in [0.2, 0.25) is 10.0 Å². The molecular formula is C16H22N2O4S. The van der Waals surface area contributed by atoms with E-state index in [1.54, 1.807) is 12.1 Å². The van der Waals surface area contributed by atoms with Gasteiger partial charge in [-0.2, -0.15) is 0 Å². The standard InChI is InChI=1S/C16H22N2O4S/c1-3-14(13-6-4-12(2)5-7-13)23(21,22)18-10-8-16(17,9-11-18)15(19)20/h3-7,14H,1,8-11,17H2,2H3,(H,19,20). The van der Waals surface area contributed by atoms with Crippen molar-refractivity contribution in [3.8, 4) is 0 Å². The SMILES string of the molecule is C=CC(c1ccc(C)cc1)S(=O)(=O)N1CCC(N)(C(=O)O)CC1. The normalized spacial score (nSPS) is 19.9. The number of nitrogens with two attached hydrogens (primary N) is 1. The Labute approximate surface area is 136 Å². The van der Waals surface area contributed by atoms with Crippen LogP contribution in [0.15, 0.2) is 36.9 Å². The molecule has 0 spiro atoms. The van der Waals surface area contributed by atoms with Crippen LogP contribution >= 0.6 is 0 Å². The molecule has 1 aromatic carbocycles. The Hall–Kier alpha value is -1.70. The van der Waals surface area contributed by atoms with E-state index < -0.39 is 26.8 Å². The van der Waals surface area contributed by atoms with E-state index in [9.17, 15) is 13.2 Å². The molecule has 3 N–H and O–H groups in total. The molecule has 0 bridgehead atoms. The van der Waals surface area contributed by atoms with Crippen LogP contribution in [0, 0.1) is 6.92 Å². The number of carbonyl (C=O) groups is 1. The Balaban J connectivity index is 2.22. The highest BCUT2D eigenvalue weighted by Crippen LogP contribution is 2.31. The van der Waals surface area contributed by atoms with Gasteiger partial charge < -0.3 is 10.8 Å². The van der Waals surface area contributed by atoms with Crippen LogP contribution in [0.2, 0.25) is 0 Å². The van der Waals surface area contributed by atoms with Gasteiger partial charge in [0, 0.05) is 13.1 Å². The molecule has 1 aliphatic heterocycles. The summed E-state index contributed by atoms with van der Waals surface area (Å²) in [6, 6.07) is 7.25. The van der Waals surface area contributed by atoms with Crippen LogP contribution in [0.5, 0.6) is 0 Å². The molecule has 7 heteroatoms. The molecule has 1 aliphatic rings. The van der Waals surface area contributed by atoms with E-state index in [2.05, 4.69) is 6.58 Å². The van der Waals surface area contributed by atoms with Crippen molar-refractivity contribution in [3.05, 3.63) is 48.0 Å². The molecule has 1 saturated heterocycles. The Morgan fingerprint density at radius 1 is 1.35 bits per heavy atom. The first-order valence-corrected chi connectivity index (χ1v) is 8.91. The minimum atomic E-state index is -3.65. The Morgan fingerprint density at radius 3 is 2.30 bits per heavy atom. The Kier molecular flexibility index (Phi) is 4.93. The highest BCUT2D eigenvalue weighted by atomic mass is 32.2. The fourth-order valence-electron chi connectivity index (χ4n) is 2.70. The monoisotopic (exact) mass is 338 g/mol. The summed E-state index contributed by atoms with van der Waals surface area (Å²) in [6.45, 7) is 5.78. The van der Waals surface area contributed by atoms with Crippen LogP contribution in [0.3, 0.4) is 0 Å². The summed E-state index contributed by atoms with van der Waals surface area (Å²) in [6.07, 6.45) is 1.60. The largest absolute Gasteiger partial charge is 0.480 e. The summed E-state index contributed by atoms with van der Waals surface area (Å²) >= 11 is 0. The molecule has 1 atom stereocenters. The van der Waals surface area contributed by atoms with Crippen molar-refractivity contribution >= 4 is 16.0 Å². The number of aliphatic carboxylic acids is 1. The van der Waals surface area contributed by atoms with Crippen molar-refractivity contribution in [2.45, 2.75) is 30.6 Å². The van der Waals surface area contributed by atoms with E-state index in [1.807, 2.05) is 19.1 Å². The molecule has 0 radical (unpaired) electrons. The molecule has 1 fully saturated rings. The second-order valence-corrected chi connectivity index (χ2v) is 8.03. The second kappa shape index (κ2) is 6.43. The average Bonchev–Trinajstić information content (AvgIpc) is 2.50. The molecule has 0 aliphatic carbocycles. The number of sulfonamides is 1. The maximum absolute atomic E-state index is 12.8. The Morgan fingerprint density at radius 2 is 1.87 bits per heavy atom. The zero-order valence-electron chi connectivity index (χ0n) is 13.1. The van der Waals surface area contributed by atoms with Gasteiger partial charge in [-0.3, -0.25) is 4.79 Å². The predicted molar refractivity (Wildman–Crippen MR) is 88.4 cm³/mol. The molecule has 6 nitrogen and oxygen atoms in total. The third-order valence-electron chi connectivity index (χ3n) is 4.34. The summed E-state index contributed by atoms with van der Waals surface area (Å²) < 4.78 is 27.0. The summed E-state index contributed by atoms with van der Waals surface area (Å²) in [5.41, 5.74) is 6.14. The fraction of sp³-hybridized carbons (Fsp3) is 0.438. The van der Waals surface area contributed by atoms with Crippen LogP contribution in [0.1, 0.15) is 29.2 Å². The first kappa shape index (κ1) is 17.7. The van der Waals surface area contributed by atoms with Crippen molar-refractivity contribution in [2.75, 3.05) is 13.1 Å². The summed E-state index contributed by atoms with van der Waals surface area (Å²) in [5, 5.41) is 8.29. The highest BCUT2D eigenvalue weighted by molar-refractivity contribution is 7.89. The van der Waals surface area contributed by atoms with Crippen molar-refractivity contribution in [1.82, 2.24) is 4.31 Å². The van der Waals surface area contributed by atoms with Crippen molar-refractivity contribution in [1.29, 1.82) is 0 Å². The maximum atomic E-state index is 12.8. The van der Waals surface area contributed by atoms with Gasteiger partial charge in [-0.1, -0.05) is 35.9 Å². The first-order valence-electron chi connectivity index (χ1n) is 7.41. The number of hydrogen-bond acceptors (Lipinski definition) is 4. The van der Waals surface area contributed by atoms with Crippen LogP contribution in [-0.4, -0.2) is 42.4 Å². The predicted octanol–water partition coefficient (Wildman–Crippen LogP) is 1.43. The molecule has 1 heterocycles. The molecule has 0 amide bonds. The molecule has 23 heavy (non-hydrogen) atoms. The molecule has 0 aromatic heterocycles. The number of benzene rings is 1. The van der Waals surface area contributed by atoms with Gasteiger partial charge in [-0.15, -0.1) is 6.58 Å². The topological polar surface area (TPSA) is 101 Å². The lowest BCUT2D eigenvalue weighted by Crippen LogP contribution is -2.56. The summed E-state index contributed by atoms with van der Waals surface area (Å²) in [7, 11) is -3.65. The van der Waals surface area contributed by atoms with E-state index in [0.717, 1.165) is 5.56 Å². The number of hydrogen-bond donors (Lipinski definition) is 2. The zero-order chi connectivity index (χ0) is 17.3. The van der Waals surface area contributed by atoms with E-state index >= 15 is 0 Å². The van der Waals surface area contributed by atoms with Crippen LogP contribution in [-0.2, 0) is 14.8 Å². The van der Waals surface area contributed by atoms with Gasteiger partial charge in [0.15, 0.2) is 0 Å². The number of piperidine rings is 1. The first-order chi connectivity index (χ1) is 10.7. The number of aryl methyl sites for hydroxylation is 1. The number of carboxylic acids is 1. The average molecular weight is 338 g/mol. The van der Waals surface area contributed by atoms with E-state index in [1.165, 1.54) is 10.4 Å². The number of rotatable bonds is 5. The number of carboxylic acid groups (broad SMARTS) is 1. The van der Waals surface area contributed by atoms with E-state index in [-0.39, 0.29) is 25.9 Å². The molecule has 0 saturated carbocycles. The number of nitrogens with zero attached hydrogens (tertiary/aromatic N) is 1. The third kappa shape index (κ3) is 3.46. The fourth-order valence-corrected chi connectivity index (χ4v) is 4.46. The highest BCUT2D eigenvalue weighted by Gasteiger charge is 2.42. The van der Waals surface area contributed by atoms with E-state index in [0.29, 0.717) is 5.56 Å². The summed E-state index contributed by atoms with van der Waals surface area (Å²) in [5.74, 6) is -1.09. The van der Waals surface area contributed by atoms with Gasteiger partial charge in [0.25, 0.3) is 0 Å². The quantitative estimate of drug-likeness (QED) is 0.791. The van der Waals surface area contributed by atoms with Crippen molar-refractivity contribution in [3.63, 3.8) is 0 Å². The van der Waals surface area contributed by atoms with Crippen molar-refractivity contribution in [2.24, 2.45) is 5.73 Å². The van der Waals surface area contributed by atoms with Gasteiger partial charge >= 0.3 is 5.97 Å². The van der Waals surface area contributed by atoms with Gasteiger partial charge in [-0.25, -0.2) is 12.7 Å². The molecule has 126 valence electrons. The minimum Gasteiger partial charge on any atom is -0.480 e. The lowest BCUT2D eigenvalue weighted by Gasteiger charge is -2.36. The van der Waals surface area contributed by atoms with Crippen LogP contribution in [0.4, 0.5) is 0 Å². The lowest BCUT2D eigenvalue weighted by molar-refractivity contribution is -0.144. The van der Waals surface area contributed by atoms with Crippen LogP contribution in [0.25, 0.3) is 0 Å². The molecule has 1 aromatic rings. The molecule has 1 unspecified atom stereocenters. The molecular weight excluding hydrogens is 316 g/mol. The van der Waals surface area contributed by atoms with E-state index in [4.69, 9.17) is 10.8 Å². The van der Waals surface area contributed by atoms with Crippen molar-refractivity contribution < 1.29 is 18.3 Å². The van der Waals surface area contributed by atoms with Gasteiger partial charge in [0.1, 0.15) is 10.8 Å². The zero-order valence-corrected chi connectivity index (χ0v) is 13.9. The van der Waals surface area contributed by atoms with Gasteiger partial charge in [0.05, 0.1) is 0 Å². The second-order valence-electron chi connectivity index (χ2n) is 5.97. The summed E-state index contributed by atoms with van der Waals surface area (Å²) in [4.78, 5) is 11.2. The Bertz CT molecular complexity index is 689. The molecule has 2 rings (SSSR count). The third-order valence-corrected chi connectivity index (χ3v) is 6.53. The maximum Gasteiger partial charge on any atom is 0.323 e. The lowest BCUT2D eigenvalue weighted by atomic mass is 9.90. The van der Waals surface area contributed by atoms with Gasteiger partial charge in [-0.05, 0) is 25.3 Å². The van der Waals surface area contributed by atoms with Crippen LogP contribution < -0.4 is 5.73 Å². The smallest absolute Gasteiger partial charge is 0.323 e.